The molecule has 2 aromatic rings. The number of halogens is 2. The summed E-state index contributed by atoms with van der Waals surface area (Å²) in [7, 11) is 0. The van der Waals surface area contributed by atoms with Gasteiger partial charge in [-0.2, -0.15) is 0 Å². The predicted octanol–water partition coefficient (Wildman–Crippen LogP) is 7.28. The molecule has 1 atom stereocenters. The molecule has 0 bridgehead atoms. The average Bonchev–Trinajstić information content (AvgIpc) is 2.76. The Morgan fingerprint density at radius 3 is 2.35 bits per heavy atom. The Balaban J connectivity index is 1.90. The van der Waals surface area contributed by atoms with Gasteiger partial charge in [0.2, 0.25) is 0 Å². The number of aliphatic hydroxyl groups excluding tert-OH is 1. The second kappa shape index (κ2) is 14.0. The summed E-state index contributed by atoms with van der Waals surface area (Å²) < 4.78 is 29.1. The third-order valence-corrected chi connectivity index (χ3v) is 5.42. The van der Waals surface area contributed by atoms with E-state index >= 15 is 0 Å². The molecule has 1 unspecified atom stereocenters. The number of allylic oxidation sites excluding steroid dienone is 1. The van der Waals surface area contributed by atoms with Gasteiger partial charge in [-0.05, 0) is 50.7 Å². The molecule has 170 valence electrons. The Labute approximate surface area is 185 Å². The van der Waals surface area contributed by atoms with Crippen molar-refractivity contribution in [3.05, 3.63) is 53.4 Å². The molecule has 5 heteroatoms. The molecule has 0 radical (unpaired) electrons. The van der Waals surface area contributed by atoms with Crippen molar-refractivity contribution in [2.45, 2.75) is 90.6 Å². The lowest BCUT2D eigenvalue weighted by Crippen LogP contribution is -1.99. The Hall–Kier alpha value is -2.14. The van der Waals surface area contributed by atoms with E-state index in [0.717, 1.165) is 50.5 Å². The monoisotopic (exact) mass is 430 g/mol. The average molecular weight is 431 g/mol. The number of hydrogen-bond acceptors (Lipinski definition) is 3. The molecule has 0 saturated carbocycles. The van der Waals surface area contributed by atoms with Crippen LogP contribution in [0.4, 0.5) is 8.78 Å². The number of benzene rings is 1. The van der Waals surface area contributed by atoms with Crippen molar-refractivity contribution >= 4 is 6.08 Å². The first-order chi connectivity index (χ1) is 15.0. The van der Waals surface area contributed by atoms with Crippen molar-refractivity contribution in [2.24, 2.45) is 0 Å². The molecule has 0 spiro atoms. The van der Waals surface area contributed by atoms with Crippen LogP contribution in [0, 0.1) is 11.6 Å². The number of nitrogens with zero attached hydrogens (tertiary/aromatic N) is 2. The lowest BCUT2D eigenvalue weighted by Gasteiger charge is -2.07. The van der Waals surface area contributed by atoms with Gasteiger partial charge in [0.1, 0.15) is 0 Å². The van der Waals surface area contributed by atoms with Gasteiger partial charge in [-0.25, -0.2) is 18.7 Å². The molecule has 0 saturated heterocycles. The normalized spacial score (nSPS) is 12.5. The lowest BCUT2D eigenvalue weighted by molar-refractivity contribution is 0.180. The van der Waals surface area contributed by atoms with E-state index in [1.165, 1.54) is 25.7 Å². The summed E-state index contributed by atoms with van der Waals surface area (Å²) in [5.41, 5.74) is 1.31. The van der Waals surface area contributed by atoms with E-state index in [-0.39, 0.29) is 23.1 Å². The van der Waals surface area contributed by atoms with Crippen molar-refractivity contribution in [3.8, 4) is 11.4 Å². The molecule has 1 aromatic carbocycles. The molecule has 0 aliphatic heterocycles. The van der Waals surface area contributed by atoms with Gasteiger partial charge >= 0.3 is 0 Å². The summed E-state index contributed by atoms with van der Waals surface area (Å²) in [5, 5.41) is 9.28. The quantitative estimate of drug-likeness (QED) is 0.320. The zero-order valence-corrected chi connectivity index (χ0v) is 18.9. The topological polar surface area (TPSA) is 46.0 Å². The zero-order valence-electron chi connectivity index (χ0n) is 18.9. The van der Waals surface area contributed by atoms with Gasteiger partial charge in [-0.3, -0.25) is 0 Å². The van der Waals surface area contributed by atoms with Crippen LogP contribution in [0.15, 0.2) is 30.6 Å². The van der Waals surface area contributed by atoms with Crippen LogP contribution in [0.2, 0.25) is 0 Å². The second-order valence-corrected chi connectivity index (χ2v) is 8.30. The minimum atomic E-state index is -0.907. The van der Waals surface area contributed by atoms with Crippen molar-refractivity contribution < 1.29 is 13.9 Å². The van der Waals surface area contributed by atoms with Crippen LogP contribution in [0.1, 0.15) is 89.2 Å². The third-order valence-electron chi connectivity index (χ3n) is 5.42. The highest BCUT2D eigenvalue weighted by atomic mass is 19.2. The van der Waals surface area contributed by atoms with Crippen LogP contribution in [-0.2, 0) is 6.42 Å². The van der Waals surface area contributed by atoms with Crippen molar-refractivity contribution in [2.75, 3.05) is 0 Å². The Kier molecular flexibility index (Phi) is 11.4. The molecular formula is C26H36F2N2O. The highest BCUT2D eigenvalue weighted by Gasteiger charge is 2.15. The standard InChI is InChI=1S/C26H36F2N2O/c1-3-4-5-6-7-8-12-15-22-16-17-23(25(28)24(22)27)26-29-18-21(19-30-26)14-11-9-10-13-20(2)31/h12,15-20,31H,3-11,13-14H2,1-2H3/b15-12+. The van der Waals surface area contributed by atoms with E-state index < -0.39 is 11.6 Å². The first-order valence-electron chi connectivity index (χ1n) is 11.7. The van der Waals surface area contributed by atoms with Crippen LogP contribution in [0.3, 0.4) is 0 Å². The van der Waals surface area contributed by atoms with Crippen LogP contribution in [0.25, 0.3) is 17.5 Å². The van der Waals surface area contributed by atoms with Crippen molar-refractivity contribution in [1.82, 2.24) is 9.97 Å². The number of rotatable bonds is 14. The van der Waals surface area contributed by atoms with Crippen LogP contribution >= 0.6 is 0 Å². The molecule has 3 nitrogen and oxygen atoms in total. The molecule has 1 aromatic heterocycles. The molecule has 1 N–H and O–H groups in total. The first-order valence-corrected chi connectivity index (χ1v) is 11.7. The molecule has 0 aliphatic rings. The van der Waals surface area contributed by atoms with Crippen LogP contribution in [0.5, 0.6) is 0 Å². The van der Waals surface area contributed by atoms with Gasteiger partial charge in [-0.15, -0.1) is 0 Å². The molecular weight excluding hydrogens is 394 g/mol. The number of hydrogen-bond donors (Lipinski definition) is 1. The lowest BCUT2D eigenvalue weighted by atomic mass is 10.1. The summed E-state index contributed by atoms with van der Waals surface area (Å²) in [5.74, 6) is -1.57. The first kappa shape index (κ1) is 25.1. The fourth-order valence-corrected chi connectivity index (χ4v) is 3.51. The maximum absolute atomic E-state index is 14.6. The van der Waals surface area contributed by atoms with Gasteiger partial charge in [-0.1, -0.05) is 63.7 Å². The minimum absolute atomic E-state index is 0.0812. The Morgan fingerprint density at radius 2 is 1.65 bits per heavy atom. The molecule has 1 heterocycles. The Bertz CT molecular complexity index is 804. The van der Waals surface area contributed by atoms with Gasteiger partial charge in [0, 0.05) is 18.0 Å². The number of aliphatic hydroxyl groups is 1. The van der Waals surface area contributed by atoms with E-state index in [2.05, 4.69) is 16.9 Å². The smallest absolute Gasteiger partial charge is 0.170 e. The fourth-order valence-electron chi connectivity index (χ4n) is 3.51. The molecule has 0 aliphatic carbocycles. The third kappa shape index (κ3) is 8.86. The molecule has 0 amide bonds. The van der Waals surface area contributed by atoms with Gasteiger partial charge < -0.3 is 5.11 Å². The van der Waals surface area contributed by atoms with Crippen LogP contribution in [-0.4, -0.2) is 21.2 Å². The summed E-state index contributed by atoms with van der Waals surface area (Å²) >= 11 is 0. The summed E-state index contributed by atoms with van der Waals surface area (Å²) in [4.78, 5) is 8.49. The largest absolute Gasteiger partial charge is 0.393 e. The Morgan fingerprint density at radius 1 is 0.935 bits per heavy atom. The van der Waals surface area contributed by atoms with E-state index in [4.69, 9.17) is 0 Å². The number of unbranched alkanes of at least 4 members (excludes halogenated alkanes) is 7. The van der Waals surface area contributed by atoms with E-state index in [1.807, 2.05) is 6.08 Å². The predicted molar refractivity (Wildman–Crippen MR) is 124 cm³/mol. The summed E-state index contributed by atoms with van der Waals surface area (Å²) in [6, 6.07) is 3.13. The summed E-state index contributed by atoms with van der Waals surface area (Å²) in [6.07, 6.45) is 18.1. The second-order valence-electron chi connectivity index (χ2n) is 8.30. The van der Waals surface area contributed by atoms with E-state index in [0.29, 0.717) is 0 Å². The maximum atomic E-state index is 14.6. The summed E-state index contributed by atoms with van der Waals surface area (Å²) in [6.45, 7) is 3.98. The zero-order chi connectivity index (χ0) is 22.5. The van der Waals surface area contributed by atoms with E-state index in [9.17, 15) is 13.9 Å². The van der Waals surface area contributed by atoms with Crippen molar-refractivity contribution in [1.29, 1.82) is 0 Å². The maximum Gasteiger partial charge on any atom is 0.170 e. The van der Waals surface area contributed by atoms with E-state index in [1.54, 1.807) is 37.5 Å². The van der Waals surface area contributed by atoms with Gasteiger partial charge in [0.25, 0.3) is 0 Å². The number of aryl methyl sites for hydroxylation is 1. The SMILES string of the molecule is CCCCCCC/C=C/c1ccc(-c2ncc(CCCCCC(C)O)cn2)c(F)c1F. The molecule has 0 fully saturated rings. The van der Waals surface area contributed by atoms with Gasteiger partial charge in [0.15, 0.2) is 17.5 Å². The van der Waals surface area contributed by atoms with Crippen molar-refractivity contribution in [3.63, 3.8) is 0 Å². The molecule has 31 heavy (non-hydrogen) atoms. The highest BCUT2D eigenvalue weighted by Crippen LogP contribution is 2.25. The highest BCUT2D eigenvalue weighted by molar-refractivity contribution is 5.61. The molecule has 2 rings (SSSR count). The van der Waals surface area contributed by atoms with Gasteiger partial charge in [0.05, 0.1) is 11.7 Å². The fraction of sp³-hybridized carbons (Fsp3) is 0.538. The minimum Gasteiger partial charge on any atom is -0.393 e. The van der Waals surface area contributed by atoms with Crippen LogP contribution < -0.4 is 0 Å². The number of aromatic nitrogens is 2.